The number of pyridine rings is 1. The van der Waals surface area contributed by atoms with E-state index in [2.05, 4.69) is 20.4 Å². The van der Waals surface area contributed by atoms with Gasteiger partial charge in [-0.2, -0.15) is 8.78 Å². The molecule has 1 aromatic carbocycles. The van der Waals surface area contributed by atoms with Crippen molar-refractivity contribution in [3.63, 3.8) is 0 Å². The molecule has 10 heteroatoms. The number of carbonyl (C=O) groups is 1. The molecule has 0 saturated heterocycles. The quantitative estimate of drug-likeness (QED) is 0.622. The van der Waals surface area contributed by atoms with E-state index in [1.807, 2.05) is 0 Å². The molecule has 126 valence electrons. The van der Waals surface area contributed by atoms with E-state index in [-0.39, 0.29) is 23.7 Å². The fourth-order valence-corrected chi connectivity index (χ4v) is 1.78. The molecule has 2 N–H and O–H groups in total. The van der Waals surface area contributed by atoms with Gasteiger partial charge in [-0.15, -0.1) is 0 Å². The Balaban J connectivity index is 2.09. The fourth-order valence-electron chi connectivity index (χ4n) is 1.78. The smallest absolute Gasteiger partial charge is 0.387 e. The largest absolute Gasteiger partial charge is 0.433 e. The second-order valence-electron chi connectivity index (χ2n) is 4.49. The number of hydrogen-bond acceptors (Lipinski definition) is 5. The Morgan fingerprint density at radius 2 is 2.17 bits per heavy atom. The molecule has 0 aliphatic heterocycles. The lowest BCUT2D eigenvalue weighted by molar-refractivity contribution is -0.384. The van der Waals surface area contributed by atoms with Crippen LogP contribution in [-0.4, -0.2) is 22.5 Å². The minimum Gasteiger partial charge on any atom is -0.433 e. The van der Waals surface area contributed by atoms with E-state index in [4.69, 9.17) is 0 Å². The van der Waals surface area contributed by atoms with E-state index in [0.29, 0.717) is 0 Å². The molecule has 2 amide bonds. The normalized spacial score (nSPS) is 10.3. The van der Waals surface area contributed by atoms with E-state index >= 15 is 0 Å². The van der Waals surface area contributed by atoms with Crippen molar-refractivity contribution in [2.75, 3.05) is 5.32 Å². The summed E-state index contributed by atoms with van der Waals surface area (Å²) in [6.45, 7) is -3.00. The highest BCUT2D eigenvalue weighted by Gasteiger charge is 2.16. The average Bonchev–Trinajstić information content (AvgIpc) is 2.55. The Morgan fingerprint density at radius 1 is 1.38 bits per heavy atom. The SMILES string of the molecule is O=C(NCc1cccnc1)Nc1cc([N+](=O)[O-])ccc1OC(F)F. The number of ether oxygens (including phenoxy) is 1. The number of non-ortho nitro benzene ring substituents is 1. The number of nitrogens with one attached hydrogen (secondary N) is 2. The molecule has 0 atom stereocenters. The van der Waals surface area contributed by atoms with Gasteiger partial charge < -0.3 is 15.4 Å². The molecule has 1 heterocycles. The standard InChI is InChI=1S/C14H12F2N4O4/c15-13(16)24-12-4-3-10(20(22)23)6-11(12)19-14(21)18-8-9-2-1-5-17-7-9/h1-7,13H,8H2,(H2,18,19,21). The molecule has 0 unspecified atom stereocenters. The molecule has 24 heavy (non-hydrogen) atoms. The predicted molar refractivity (Wildman–Crippen MR) is 79.8 cm³/mol. The molecule has 0 fully saturated rings. The maximum absolute atomic E-state index is 12.4. The first kappa shape index (κ1) is 17.1. The monoisotopic (exact) mass is 338 g/mol. The number of anilines is 1. The molecule has 0 aliphatic carbocycles. The Morgan fingerprint density at radius 3 is 2.79 bits per heavy atom. The minimum atomic E-state index is -3.13. The van der Waals surface area contributed by atoms with Crippen LogP contribution in [0.4, 0.5) is 25.0 Å². The van der Waals surface area contributed by atoms with Crippen LogP contribution in [0.2, 0.25) is 0 Å². The van der Waals surface area contributed by atoms with Crippen LogP contribution in [0.15, 0.2) is 42.7 Å². The van der Waals surface area contributed by atoms with Crippen molar-refractivity contribution in [3.8, 4) is 5.75 Å². The fraction of sp³-hybridized carbons (Fsp3) is 0.143. The molecule has 0 aliphatic rings. The number of urea groups is 1. The van der Waals surface area contributed by atoms with Gasteiger partial charge in [0, 0.05) is 31.1 Å². The van der Waals surface area contributed by atoms with Crippen LogP contribution < -0.4 is 15.4 Å². The number of hydrogen-bond donors (Lipinski definition) is 2. The van der Waals surface area contributed by atoms with Gasteiger partial charge in [0.1, 0.15) is 5.75 Å². The van der Waals surface area contributed by atoms with Crippen LogP contribution in [0.3, 0.4) is 0 Å². The van der Waals surface area contributed by atoms with Gasteiger partial charge in [0.05, 0.1) is 10.6 Å². The number of aromatic nitrogens is 1. The number of nitro benzene ring substituents is 1. The van der Waals surface area contributed by atoms with Gasteiger partial charge in [0.15, 0.2) is 0 Å². The first-order chi connectivity index (χ1) is 11.5. The summed E-state index contributed by atoms with van der Waals surface area (Å²) in [7, 11) is 0. The Hall–Kier alpha value is -3.30. The molecular formula is C14H12F2N4O4. The molecule has 8 nitrogen and oxygen atoms in total. The van der Waals surface area contributed by atoms with Crippen molar-refractivity contribution >= 4 is 17.4 Å². The van der Waals surface area contributed by atoms with Crippen molar-refractivity contribution in [2.45, 2.75) is 13.2 Å². The Kier molecular flexibility index (Phi) is 5.55. The maximum Gasteiger partial charge on any atom is 0.387 e. The summed E-state index contributed by atoms with van der Waals surface area (Å²) in [6.07, 6.45) is 3.11. The number of rotatable bonds is 6. The summed E-state index contributed by atoms with van der Waals surface area (Å²) in [5.74, 6) is -0.382. The summed E-state index contributed by atoms with van der Waals surface area (Å²) in [5, 5.41) is 15.5. The molecule has 2 aromatic rings. The molecule has 2 rings (SSSR count). The highest BCUT2D eigenvalue weighted by Crippen LogP contribution is 2.30. The third kappa shape index (κ3) is 4.87. The number of amides is 2. The summed E-state index contributed by atoms with van der Waals surface area (Å²) < 4.78 is 29.0. The van der Waals surface area contributed by atoms with E-state index < -0.39 is 17.6 Å². The topological polar surface area (TPSA) is 106 Å². The Bertz CT molecular complexity index is 728. The molecule has 0 bridgehead atoms. The van der Waals surface area contributed by atoms with E-state index in [0.717, 1.165) is 23.8 Å². The lowest BCUT2D eigenvalue weighted by Crippen LogP contribution is -2.28. The second-order valence-corrected chi connectivity index (χ2v) is 4.49. The zero-order chi connectivity index (χ0) is 17.5. The maximum atomic E-state index is 12.4. The average molecular weight is 338 g/mol. The summed E-state index contributed by atoms with van der Waals surface area (Å²) in [4.78, 5) is 25.8. The van der Waals surface area contributed by atoms with Gasteiger partial charge in [-0.05, 0) is 17.7 Å². The molecule has 0 saturated carbocycles. The number of carbonyl (C=O) groups excluding carboxylic acids is 1. The van der Waals surface area contributed by atoms with Crippen LogP contribution in [0, 0.1) is 10.1 Å². The Labute approximate surface area is 134 Å². The number of alkyl halides is 2. The minimum absolute atomic E-state index is 0.139. The summed E-state index contributed by atoms with van der Waals surface area (Å²) in [5.41, 5.74) is 0.100. The van der Waals surface area contributed by atoms with Crippen molar-refractivity contribution in [1.29, 1.82) is 0 Å². The predicted octanol–water partition coefficient (Wildman–Crippen LogP) is 2.91. The van der Waals surface area contributed by atoms with Gasteiger partial charge in [0.25, 0.3) is 5.69 Å². The van der Waals surface area contributed by atoms with Gasteiger partial charge in [0.2, 0.25) is 0 Å². The number of nitro groups is 1. The van der Waals surface area contributed by atoms with Crippen LogP contribution in [0.25, 0.3) is 0 Å². The summed E-state index contributed by atoms with van der Waals surface area (Å²) in [6, 6.07) is 5.59. The van der Waals surface area contributed by atoms with Gasteiger partial charge >= 0.3 is 12.6 Å². The second kappa shape index (κ2) is 7.81. The number of halogens is 2. The lowest BCUT2D eigenvalue weighted by atomic mass is 10.2. The highest BCUT2D eigenvalue weighted by atomic mass is 19.3. The zero-order valence-corrected chi connectivity index (χ0v) is 12.1. The van der Waals surface area contributed by atoms with Gasteiger partial charge in [-0.3, -0.25) is 15.1 Å². The van der Waals surface area contributed by atoms with Crippen molar-refractivity contribution in [2.24, 2.45) is 0 Å². The third-order valence-electron chi connectivity index (χ3n) is 2.81. The molecular weight excluding hydrogens is 326 g/mol. The van der Waals surface area contributed by atoms with Crippen molar-refractivity contribution in [3.05, 3.63) is 58.4 Å². The van der Waals surface area contributed by atoms with Crippen molar-refractivity contribution in [1.82, 2.24) is 10.3 Å². The van der Waals surface area contributed by atoms with Crippen molar-refractivity contribution < 1.29 is 23.2 Å². The van der Waals surface area contributed by atoms with Crippen LogP contribution in [0.1, 0.15) is 5.56 Å². The van der Waals surface area contributed by atoms with E-state index in [1.165, 1.54) is 0 Å². The first-order valence-corrected chi connectivity index (χ1v) is 6.62. The molecule has 0 radical (unpaired) electrons. The van der Waals surface area contributed by atoms with Gasteiger partial charge in [-0.25, -0.2) is 4.79 Å². The summed E-state index contributed by atoms with van der Waals surface area (Å²) >= 11 is 0. The number of nitrogens with zero attached hydrogens (tertiary/aromatic N) is 2. The highest BCUT2D eigenvalue weighted by molar-refractivity contribution is 5.91. The lowest BCUT2D eigenvalue weighted by Gasteiger charge is -2.12. The first-order valence-electron chi connectivity index (χ1n) is 6.62. The van der Waals surface area contributed by atoms with E-state index in [1.54, 1.807) is 24.5 Å². The van der Waals surface area contributed by atoms with Crippen LogP contribution in [-0.2, 0) is 6.54 Å². The van der Waals surface area contributed by atoms with Crippen LogP contribution >= 0.6 is 0 Å². The zero-order valence-electron chi connectivity index (χ0n) is 12.1. The number of benzene rings is 1. The molecule has 1 aromatic heterocycles. The van der Waals surface area contributed by atoms with Gasteiger partial charge in [-0.1, -0.05) is 6.07 Å². The third-order valence-corrected chi connectivity index (χ3v) is 2.81. The van der Waals surface area contributed by atoms with E-state index in [9.17, 15) is 23.7 Å². The van der Waals surface area contributed by atoms with Crippen LogP contribution in [0.5, 0.6) is 5.75 Å². The molecule has 0 spiro atoms.